The van der Waals surface area contributed by atoms with E-state index in [2.05, 4.69) is 5.32 Å². The van der Waals surface area contributed by atoms with E-state index >= 15 is 0 Å². The van der Waals surface area contributed by atoms with Crippen LogP contribution in [0.4, 0.5) is 14.5 Å². The van der Waals surface area contributed by atoms with Crippen molar-refractivity contribution in [3.8, 4) is 5.75 Å². The number of hydrogen-bond acceptors (Lipinski definition) is 2. The highest BCUT2D eigenvalue weighted by Crippen LogP contribution is 2.35. The van der Waals surface area contributed by atoms with Crippen molar-refractivity contribution < 1.29 is 13.5 Å². The molecule has 2 aromatic carbocycles. The highest BCUT2D eigenvalue weighted by Gasteiger charge is 2.22. The lowest BCUT2D eigenvalue weighted by Crippen LogP contribution is -2.23. The fourth-order valence-corrected chi connectivity index (χ4v) is 2.02. The van der Waals surface area contributed by atoms with Crippen molar-refractivity contribution in [1.29, 1.82) is 0 Å². The first-order valence-electron chi connectivity index (χ1n) is 5.68. The number of halogens is 2. The monoisotopic (exact) mass is 247 g/mol. The Kier molecular flexibility index (Phi) is 2.63. The van der Waals surface area contributed by atoms with Crippen LogP contribution in [-0.2, 0) is 0 Å². The molecule has 1 N–H and O–H groups in total. The molecular formula is C14H11F2NO. The molecular weight excluding hydrogens is 236 g/mol. The highest BCUT2D eigenvalue weighted by molar-refractivity contribution is 5.58. The summed E-state index contributed by atoms with van der Waals surface area (Å²) in [5, 5.41) is 3.05. The number of nitrogens with one attached hydrogen (secondary N) is 1. The summed E-state index contributed by atoms with van der Waals surface area (Å²) < 4.78 is 31.9. The van der Waals surface area contributed by atoms with E-state index in [4.69, 9.17) is 4.74 Å². The average Bonchev–Trinajstić information content (AvgIpc) is 2.41. The predicted octanol–water partition coefficient (Wildman–Crippen LogP) is 3.51. The van der Waals surface area contributed by atoms with Gasteiger partial charge in [0.2, 0.25) is 0 Å². The van der Waals surface area contributed by atoms with Crippen molar-refractivity contribution in [1.82, 2.24) is 0 Å². The van der Waals surface area contributed by atoms with E-state index in [1.54, 1.807) is 0 Å². The minimum Gasteiger partial charge on any atom is -0.482 e. The minimum atomic E-state index is -0.899. The van der Waals surface area contributed by atoms with Crippen molar-refractivity contribution in [3.63, 3.8) is 0 Å². The summed E-state index contributed by atoms with van der Waals surface area (Å²) in [5.41, 5.74) is 1.49. The van der Waals surface area contributed by atoms with Crippen molar-refractivity contribution in [2.75, 3.05) is 11.9 Å². The summed E-state index contributed by atoms with van der Waals surface area (Å²) in [6, 6.07) is 11.8. The summed E-state index contributed by atoms with van der Waals surface area (Å²) in [6.07, 6.45) is -0.191. The second-order valence-electron chi connectivity index (χ2n) is 4.16. The standard InChI is InChI=1S/C14H11F2NO/c15-10-6-12-13(7-11(10)16)18-14(8-17-12)9-4-2-1-3-5-9/h1-7,14,17H,8H2. The minimum absolute atomic E-state index is 0.191. The van der Waals surface area contributed by atoms with E-state index < -0.39 is 11.6 Å². The quantitative estimate of drug-likeness (QED) is 0.832. The second-order valence-corrected chi connectivity index (χ2v) is 4.16. The van der Waals surface area contributed by atoms with Gasteiger partial charge in [0.05, 0.1) is 12.2 Å². The molecule has 2 nitrogen and oxygen atoms in total. The Bertz CT molecular complexity index is 572. The van der Waals surface area contributed by atoms with Gasteiger partial charge in [-0.05, 0) is 5.56 Å². The van der Waals surface area contributed by atoms with E-state index in [1.807, 2.05) is 30.3 Å². The van der Waals surface area contributed by atoms with Gasteiger partial charge in [-0.2, -0.15) is 0 Å². The van der Waals surface area contributed by atoms with Gasteiger partial charge in [0.15, 0.2) is 11.6 Å². The first-order valence-corrected chi connectivity index (χ1v) is 5.68. The number of anilines is 1. The number of rotatable bonds is 1. The molecule has 1 atom stereocenters. The molecule has 0 saturated heterocycles. The van der Waals surface area contributed by atoms with Crippen molar-refractivity contribution in [3.05, 3.63) is 59.7 Å². The molecule has 1 unspecified atom stereocenters. The molecule has 92 valence electrons. The third-order valence-electron chi connectivity index (χ3n) is 2.94. The lowest BCUT2D eigenvalue weighted by molar-refractivity contribution is 0.209. The fraction of sp³-hybridized carbons (Fsp3) is 0.143. The Morgan fingerprint density at radius 3 is 2.56 bits per heavy atom. The van der Waals surface area contributed by atoms with Crippen LogP contribution in [0.5, 0.6) is 5.75 Å². The Morgan fingerprint density at radius 1 is 1.06 bits per heavy atom. The van der Waals surface area contributed by atoms with E-state index in [-0.39, 0.29) is 6.10 Å². The second kappa shape index (κ2) is 4.29. The molecule has 0 aliphatic carbocycles. The van der Waals surface area contributed by atoms with Gasteiger partial charge < -0.3 is 10.1 Å². The largest absolute Gasteiger partial charge is 0.482 e. The van der Waals surface area contributed by atoms with E-state index in [1.165, 1.54) is 0 Å². The van der Waals surface area contributed by atoms with Crippen LogP contribution >= 0.6 is 0 Å². The maximum absolute atomic E-state index is 13.2. The maximum atomic E-state index is 13.2. The average molecular weight is 247 g/mol. The lowest BCUT2D eigenvalue weighted by atomic mass is 10.1. The zero-order chi connectivity index (χ0) is 12.5. The van der Waals surface area contributed by atoms with Gasteiger partial charge in [-0.1, -0.05) is 30.3 Å². The molecule has 4 heteroatoms. The first kappa shape index (κ1) is 11.0. The normalized spacial score (nSPS) is 17.6. The Hall–Kier alpha value is -2.10. The molecule has 3 rings (SSSR count). The van der Waals surface area contributed by atoms with Crippen molar-refractivity contribution in [2.45, 2.75) is 6.10 Å². The fourth-order valence-electron chi connectivity index (χ4n) is 2.02. The molecule has 0 bridgehead atoms. The van der Waals surface area contributed by atoms with Crippen molar-refractivity contribution in [2.24, 2.45) is 0 Å². The third kappa shape index (κ3) is 1.90. The first-order chi connectivity index (χ1) is 8.74. The molecule has 2 aromatic rings. The van der Waals surface area contributed by atoms with Gasteiger partial charge in [0.25, 0.3) is 0 Å². The van der Waals surface area contributed by atoms with E-state index in [9.17, 15) is 8.78 Å². The van der Waals surface area contributed by atoms with Crippen LogP contribution in [0.1, 0.15) is 11.7 Å². The Morgan fingerprint density at radius 2 is 1.78 bits per heavy atom. The van der Waals surface area contributed by atoms with Gasteiger partial charge >= 0.3 is 0 Å². The topological polar surface area (TPSA) is 21.3 Å². The van der Waals surface area contributed by atoms with Crippen LogP contribution in [0.3, 0.4) is 0 Å². The van der Waals surface area contributed by atoms with E-state index in [0.717, 1.165) is 17.7 Å². The Labute approximate surface area is 103 Å². The van der Waals surface area contributed by atoms with Crippen LogP contribution in [-0.4, -0.2) is 6.54 Å². The molecule has 0 radical (unpaired) electrons. The van der Waals surface area contributed by atoms with Crippen molar-refractivity contribution >= 4 is 5.69 Å². The molecule has 1 aliphatic heterocycles. The SMILES string of the molecule is Fc1cc2c(cc1F)OC(c1ccccc1)CN2. The third-order valence-corrected chi connectivity index (χ3v) is 2.94. The molecule has 0 spiro atoms. The maximum Gasteiger partial charge on any atom is 0.162 e. The van der Waals surface area contributed by atoms with Crippen LogP contribution in [0.25, 0.3) is 0 Å². The predicted molar refractivity (Wildman–Crippen MR) is 64.7 cm³/mol. The molecule has 1 heterocycles. The van der Waals surface area contributed by atoms with Gasteiger partial charge in [0, 0.05) is 12.1 Å². The lowest BCUT2D eigenvalue weighted by Gasteiger charge is -2.27. The molecule has 1 aliphatic rings. The highest BCUT2D eigenvalue weighted by atomic mass is 19.2. The summed E-state index contributed by atoms with van der Waals surface area (Å²) in [6.45, 7) is 0.530. The molecule has 18 heavy (non-hydrogen) atoms. The van der Waals surface area contributed by atoms with Crippen LogP contribution in [0.2, 0.25) is 0 Å². The summed E-state index contributed by atoms with van der Waals surface area (Å²) in [7, 11) is 0. The smallest absolute Gasteiger partial charge is 0.162 e. The van der Waals surface area contributed by atoms with Crippen LogP contribution in [0, 0.1) is 11.6 Å². The molecule has 0 saturated carbocycles. The number of ether oxygens (including phenoxy) is 1. The van der Waals surface area contributed by atoms with E-state index in [0.29, 0.717) is 18.0 Å². The summed E-state index contributed by atoms with van der Waals surface area (Å²) in [4.78, 5) is 0. The molecule has 0 amide bonds. The van der Waals surface area contributed by atoms with Crippen LogP contribution in [0.15, 0.2) is 42.5 Å². The zero-order valence-corrected chi connectivity index (χ0v) is 9.49. The zero-order valence-electron chi connectivity index (χ0n) is 9.49. The number of benzene rings is 2. The number of hydrogen-bond donors (Lipinski definition) is 1. The van der Waals surface area contributed by atoms with Crippen LogP contribution < -0.4 is 10.1 Å². The van der Waals surface area contributed by atoms with Gasteiger partial charge in [-0.3, -0.25) is 0 Å². The summed E-state index contributed by atoms with van der Waals surface area (Å²) in [5.74, 6) is -1.43. The Balaban J connectivity index is 1.92. The summed E-state index contributed by atoms with van der Waals surface area (Å²) >= 11 is 0. The van der Waals surface area contributed by atoms with Gasteiger partial charge in [0.1, 0.15) is 11.9 Å². The molecule has 0 aromatic heterocycles. The molecule has 0 fully saturated rings. The number of fused-ring (bicyclic) bond motifs is 1. The van der Waals surface area contributed by atoms with Gasteiger partial charge in [-0.15, -0.1) is 0 Å². The van der Waals surface area contributed by atoms with Gasteiger partial charge in [-0.25, -0.2) is 8.78 Å².